The predicted octanol–water partition coefficient (Wildman–Crippen LogP) is 9.65. The quantitative estimate of drug-likeness (QED) is 0.214. The first kappa shape index (κ1) is 23.6. The average Bonchev–Trinajstić information content (AvgIpc) is 3.37. The van der Waals surface area contributed by atoms with E-state index < -0.39 is 0 Å². The molecule has 40 heavy (non-hydrogen) atoms. The molecule has 0 aliphatic heterocycles. The van der Waals surface area contributed by atoms with Gasteiger partial charge in [-0.05, 0) is 84.9 Å². The van der Waals surface area contributed by atoms with Crippen molar-refractivity contribution in [2.75, 3.05) is 4.90 Å². The van der Waals surface area contributed by atoms with Crippen LogP contribution in [0, 0.1) is 11.8 Å². The van der Waals surface area contributed by atoms with Gasteiger partial charge in [0.15, 0.2) is 0 Å². The van der Waals surface area contributed by atoms with Crippen LogP contribution in [-0.2, 0) is 0 Å². The van der Waals surface area contributed by atoms with Gasteiger partial charge in [-0.3, -0.25) is 0 Å². The van der Waals surface area contributed by atoms with Crippen LogP contribution in [0.3, 0.4) is 0 Å². The summed E-state index contributed by atoms with van der Waals surface area (Å²) in [6.45, 7) is 0. The molecule has 0 saturated heterocycles. The van der Waals surface area contributed by atoms with Crippen molar-refractivity contribution >= 4 is 38.9 Å². The number of fused-ring (bicyclic) bond motifs is 3. The van der Waals surface area contributed by atoms with E-state index in [0.29, 0.717) is 0 Å². The predicted molar refractivity (Wildman–Crippen MR) is 168 cm³/mol. The summed E-state index contributed by atoms with van der Waals surface area (Å²) in [4.78, 5) is 2.25. The molecule has 0 fully saturated rings. The molecule has 6 aromatic carbocycles. The maximum atomic E-state index is 3.35. The SMILES string of the molecule is C(#Cc1ccc(-n2c3ccccc3c3ccccc32)cc1)c1ccc(N(c2ccccc2)c2ccccc2)cc1. The first-order valence-electron chi connectivity index (χ1n) is 13.5. The lowest BCUT2D eigenvalue weighted by Gasteiger charge is -2.25. The van der Waals surface area contributed by atoms with E-state index >= 15 is 0 Å². The molecule has 0 aliphatic rings. The van der Waals surface area contributed by atoms with Crippen LogP contribution in [0.4, 0.5) is 17.1 Å². The number of para-hydroxylation sites is 4. The number of aromatic nitrogens is 1. The third kappa shape index (κ3) is 4.41. The standard InChI is InChI=1S/C38H26N2/c1-3-11-31(12-4-1)39(32-13-5-2-6-14-32)33-25-21-29(22-26-33)19-20-30-23-27-34(28-24-30)40-37-17-9-7-15-35(37)36-16-8-10-18-38(36)40/h1-18,21-28H. The minimum Gasteiger partial charge on any atom is -0.311 e. The summed E-state index contributed by atoms with van der Waals surface area (Å²) in [5.74, 6) is 6.69. The van der Waals surface area contributed by atoms with Crippen molar-refractivity contribution in [3.8, 4) is 17.5 Å². The Bertz CT molecular complexity index is 1880. The molecule has 188 valence electrons. The van der Waals surface area contributed by atoms with Gasteiger partial charge in [0.05, 0.1) is 11.0 Å². The number of benzene rings is 6. The highest BCUT2D eigenvalue weighted by Crippen LogP contribution is 2.34. The summed E-state index contributed by atoms with van der Waals surface area (Å²) in [5.41, 5.74) is 8.87. The molecule has 7 aromatic rings. The number of hydrogen-bond donors (Lipinski definition) is 0. The Balaban J connectivity index is 1.17. The molecule has 0 spiro atoms. The van der Waals surface area contributed by atoms with Crippen molar-refractivity contribution in [2.24, 2.45) is 0 Å². The lowest BCUT2D eigenvalue weighted by Crippen LogP contribution is -2.09. The van der Waals surface area contributed by atoms with Crippen LogP contribution in [0.5, 0.6) is 0 Å². The van der Waals surface area contributed by atoms with Crippen LogP contribution in [-0.4, -0.2) is 4.57 Å². The van der Waals surface area contributed by atoms with Crippen molar-refractivity contribution < 1.29 is 0 Å². The second-order valence-electron chi connectivity index (χ2n) is 9.72. The molecule has 0 unspecified atom stereocenters. The third-order valence-corrected chi connectivity index (χ3v) is 7.21. The highest BCUT2D eigenvalue weighted by Gasteiger charge is 2.12. The number of rotatable bonds is 4. The van der Waals surface area contributed by atoms with Crippen molar-refractivity contribution in [1.29, 1.82) is 0 Å². The Morgan fingerprint density at radius 1 is 0.375 bits per heavy atom. The number of hydrogen-bond acceptors (Lipinski definition) is 1. The molecule has 0 aliphatic carbocycles. The Labute approximate surface area is 234 Å². The van der Waals surface area contributed by atoms with Crippen molar-refractivity contribution in [3.05, 3.63) is 169 Å². The molecule has 2 heteroatoms. The zero-order valence-corrected chi connectivity index (χ0v) is 21.9. The summed E-state index contributed by atoms with van der Waals surface area (Å²) in [5, 5.41) is 2.53. The zero-order valence-electron chi connectivity index (χ0n) is 21.9. The van der Waals surface area contributed by atoms with Gasteiger partial charge in [-0.25, -0.2) is 0 Å². The largest absolute Gasteiger partial charge is 0.311 e. The van der Waals surface area contributed by atoms with E-state index in [1.165, 1.54) is 21.8 Å². The first-order valence-corrected chi connectivity index (χ1v) is 13.5. The zero-order chi connectivity index (χ0) is 26.7. The van der Waals surface area contributed by atoms with E-state index in [-0.39, 0.29) is 0 Å². The van der Waals surface area contributed by atoms with Gasteiger partial charge >= 0.3 is 0 Å². The number of nitrogens with zero attached hydrogens (tertiary/aromatic N) is 2. The summed E-state index contributed by atoms with van der Waals surface area (Å²) >= 11 is 0. The molecule has 7 rings (SSSR count). The Morgan fingerprint density at radius 2 is 0.775 bits per heavy atom. The molecular weight excluding hydrogens is 484 g/mol. The second kappa shape index (κ2) is 10.3. The van der Waals surface area contributed by atoms with Gasteiger partial charge in [-0.15, -0.1) is 0 Å². The Morgan fingerprint density at radius 3 is 1.27 bits per heavy atom. The molecular formula is C38H26N2. The van der Waals surface area contributed by atoms with E-state index in [4.69, 9.17) is 0 Å². The maximum absolute atomic E-state index is 3.35. The molecule has 1 heterocycles. The van der Waals surface area contributed by atoms with Crippen molar-refractivity contribution in [2.45, 2.75) is 0 Å². The van der Waals surface area contributed by atoms with Gasteiger partial charge in [-0.2, -0.15) is 0 Å². The minimum atomic E-state index is 0.983. The van der Waals surface area contributed by atoms with E-state index in [0.717, 1.165) is 33.9 Å². The summed E-state index contributed by atoms with van der Waals surface area (Å²) in [6.07, 6.45) is 0. The van der Waals surface area contributed by atoms with Crippen LogP contribution in [0.2, 0.25) is 0 Å². The topological polar surface area (TPSA) is 8.17 Å². The van der Waals surface area contributed by atoms with Crippen LogP contribution >= 0.6 is 0 Å². The smallest absolute Gasteiger partial charge is 0.0541 e. The molecule has 0 atom stereocenters. The van der Waals surface area contributed by atoms with E-state index in [1.807, 2.05) is 12.1 Å². The lowest BCUT2D eigenvalue weighted by molar-refractivity contribution is 1.18. The summed E-state index contributed by atoms with van der Waals surface area (Å²) in [7, 11) is 0. The van der Waals surface area contributed by atoms with Gasteiger partial charge in [-0.1, -0.05) is 84.6 Å². The first-order chi connectivity index (χ1) is 19.8. The summed E-state index contributed by atoms with van der Waals surface area (Å²) in [6, 6.07) is 55.0. The molecule has 1 aromatic heterocycles. The second-order valence-corrected chi connectivity index (χ2v) is 9.72. The molecule has 0 amide bonds. The Hall–Kier alpha value is -5.52. The van der Waals surface area contributed by atoms with Gasteiger partial charge in [0.1, 0.15) is 0 Å². The molecule has 0 N–H and O–H groups in total. The monoisotopic (exact) mass is 510 g/mol. The third-order valence-electron chi connectivity index (χ3n) is 7.21. The van der Waals surface area contributed by atoms with Gasteiger partial charge < -0.3 is 9.47 Å². The van der Waals surface area contributed by atoms with Gasteiger partial charge in [0, 0.05) is 44.6 Å². The fourth-order valence-electron chi connectivity index (χ4n) is 5.33. The fraction of sp³-hybridized carbons (Fsp3) is 0. The lowest BCUT2D eigenvalue weighted by atomic mass is 10.1. The average molecular weight is 511 g/mol. The Kier molecular flexibility index (Phi) is 6.09. The van der Waals surface area contributed by atoms with Crippen molar-refractivity contribution in [1.82, 2.24) is 4.57 Å². The molecule has 2 nitrogen and oxygen atoms in total. The summed E-state index contributed by atoms with van der Waals surface area (Å²) < 4.78 is 2.33. The number of anilines is 3. The van der Waals surface area contributed by atoms with E-state index in [1.54, 1.807) is 0 Å². The van der Waals surface area contributed by atoms with Gasteiger partial charge in [0.25, 0.3) is 0 Å². The van der Waals surface area contributed by atoms with Crippen molar-refractivity contribution in [3.63, 3.8) is 0 Å². The van der Waals surface area contributed by atoms with Gasteiger partial charge in [0.2, 0.25) is 0 Å². The van der Waals surface area contributed by atoms with E-state index in [2.05, 4.69) is 167 Å². The van der Waals surface area contributed by atoms with Crippen LogP contribution in [0.1, 0.15) is 11.1 Å². The maximum Gasteiger partial charge on any atom is 0.0541 e. The van der Waals surface area contributed by atoms with Crippen LogP contribution in [0.25, 0.3) is 27.5 Å². The van der Waals surface area contributed by atoms with Crippen LogP contribution < -0.4 is 4.90 Å². The van der Waals surface area contributed by atoms with E-state index in [9.17, 15) is 0 Å². The fourth-order valence-corrected chi connectivity index (χ4v) is 5.33. The normalized spacial score (nSPS) is 10.8. The minimum absolute atomic E-state index is 0.983. The highest BCUT2D eigenvalue weighted by atomic mass is 15.1. The molecule has 0 radical (unpaired) electrons. The molecule has 0 saturated carbocycles. The highest BCUT2D eigenvalue weighted by molar-refractivity contribution is 6.09. The van der Waals surface area contributed by atoms with Crippen LogP contribution in [0.15, 0.2) is 158 Å². The molecule has 0 bridgehead atoms.